The Bertz CT molecular complexity index is 500. The van der Waals surface area contributed by atoms with Gasteiger partial charge in [0.15, 0.2) is 11.6 Å². The van der Waals surface area contributed by atoms with Gasteiger partial charge in [0.2, 0.25) is 6.39 Å². The molecular formula is C9H10N6OS. The molecule has 0 amide bonds. The summed E-state index contributed by atoms with van der Waals surface area (Å²) in [6.45, 7) is 0.591. The normalized spacial score (nSPS) is 10.1. The summed E-state index contributed by atoms with van der Waals surface area (Å²) in [7, 11) is 0. The highest BCUT2D eigenvalue weighted by atomic mass is 32.1. The maximum atomic E-state index is 5.56. The lowest BCUT2D eigenvalue weighted by Crippen LogP contribution is -2.16. The van der Waals surface area contributed by atoms with E-state index in [1.165, 1.54) is 6.39 Å². The number of rotatable bonds is 5. The van der Waals surface area contributed by atoms with Crippen molar-refractivity contribution in [3.8, 4) is 0 Å². The van der Waals surface area contributed by atoms with E-state index in [0.29, 0.717) is 30.2 Å². The maximum Gasteiger partial charge on any atom is 0.213 e. The average molecular weight is 250 g/mol. The Labute approximate surface area is 102 Å². The van der Waals surface area contributed by atoms with E-state index < -0.39 is 0 Å². The van der Waals surface area contributed by atoms with Crippen molar-refractivity contribution in [1.82, 2.24) is 20.3 Å². The highest BCUT2D eigenvalue weighted by Gasteiger charge is 2.06. The quantitative estimate of drug-likeness (QED) is 0.723. The number of hydrogen-bond donors (Lipinski definition) is 2. The van der Waals surface area contributed by atoms with Crippen molar-refractivity contribution in [2.45, 2.75) is 6.42 Å². The first-order chi connectivity index (χ1) is 8.27. The van der Waals surface area contributed by atoms with Crippen LogP contribution in [-0.4, -0.2) is 31.9 Å². The highest BCUT2D eigenvalue weighted by molar-refractivity contribution is 7.80. The molecule has 0 aliphatic heterocycles. The van der Waals surface area contributed by atoms with Crippen LogP contribution in [0.5, 0.6) is 0 Å². The first kappa shape index (κ1) is 11.4. The molecule has 88 valence electrons. The summed E-state index contributed by atoms with van der Waals surface area (Å²) in [5, 5.41) is 14.5. The van der Waals surface area contributed by atoms with Crippen molar-refractivity contribution in [3.63, 3.8) is 0 Å². The summed E-state index contributed by atoms with van der Waals surface area (Å²) in [6, 6.07) is 1.71. The van der Waals surface area contributed by atoms with Crippen LogP contribution in [0, 0.1) is 0 Å². The molecule has 0 radical (unpaired) electrons. The molecule has 2 aromatic heterocycles. The van der Waals surface area contributed by atoms with Gasteiger partial charge in [-0.05, 0) is 6.07 Å². The van der Waals surface area contributed by atoms with Gasteiger partial charge in [-0.2, -0.15) is 10.1 Å². The predicted molar refractivity (Wildman–Crippen MR) is 64.4 cm³/mol. The zero-order valence-corrected chi connectivity index (χ0v) is 9.65. The number of anilines is 1. The van der Waals surface area contributed by atoms with E-state index in [1.807, 2.05) is 0 Å². The number of nitrogens with one attached hydrogen (secondary N) is 1. The summed E-state index contributed by atoms with van der Waals surface area (Å²) in [5.41, 5.74) is 6.23. The summed E-state index contributed by atoms with van der Waals surface area (Å²) in [6.07, 6.45) is 3.45. The SMILES string of the molecule is NC(=S)c1ccnnc1NCCc1ncon1. The zero-order chi connectivity index (χ0) is 12.1. The fourth-order valence-electron chi connectivity index (χ4n) is 1.26. The van der Waals surface area contributed by atoms with E-state index in [4.69, 9.17) is 18.0 Å². The van der Waals surface area contributed by atoms with Gasteiger partial charge in [0.25, 0.3) is 0 Å². The topological polar surface area (TPSA) is 103 Å². The standard InChI is InChI=1S/C9H10N6OS/c10-8(17)6-1-4-13-14-9(6)11-3-2-7-12-5-16-15-7/h1,4-5H,2-3H2,(H2,10,17)(H,11,14). The first-order valence-electron chi connectivity index (χ1n) is 4.88. The van der Waals surface area contributed by atoms with Crippen LogP contribution in [0.2, 0.25) is 0 Å². The third-order valence-corrected chi connectivity index (χ3v) is 2.25. The molecule has 2 aromatic rings. The number of hydrogen-bond acceptors (Lipinski definition) is 7. The fourth-order valence-corrected chi connectivity index (χ4v) is 1.42. The van der Waals surface area contributed by atoms with Gasteiger partial charge in [0.1, 0.15) is 4.99 Å². The molecule has 0 atom stereocenters. The Morgan fingerprint density at radius 2 is 2.41 bits per heavy atom. The van der Waals surface area contributed by atoms with E-state index in [0.717, 1.165) is 0 Å². The predicted octanol–water partition coefficient (Wildman–Crippen LogP) is 0.148. The molecule has 8 heteroatoms. The molecular weight excluding hydrogens is 240 g/mol. The molecule has 0 aliphatic rings. The number of thiocarbonyl (C=S) groups is 1. The van der Waals surface area contributed by atoms with Crippen molar-refractivity contribution in [2.75, 3.05) is 11.9 Å². The van der Waals surface area contributed by atoms with Gasteiger partial charge in [-0.15, -0.1) is 5.10 Å². The second kappa shape index (κ2) is 5.30. The smallest absolute Gasteiger partial charge is 0.213 e. The van der Waals surface area contributed by atoms with Gasteiger partial charge in [0.05, 0.1) is 11.8 Å². The average Bonchev–Trinajstić information content (AvgIpc) is 2.82. The van der Waals surface area contributed by atoms with Crippen molar-refractivity contribution >= 4 is 23.0 Å². The molecule has 0 saturated carbocycles. The molecule has 3 N–H and O–H groups in total. The lowest BCUT2D eigenvalue weighted by Gasteiger charge is -2.07. The van der Waals surface area contributed by atoms with Gasteiger partial charge in [-0.25, -0.2) is 0 Å². The van der Waals surface area contributed by atoms with Crippen molar-refractivity contribution < 1.29 is 4.52 Å². The minimum absolute atomic E-state index is 0.280. The number of nitrogens with zero attached hydrogens (tertiary/aromatic N) is 4. The summed E-state index contributed by atoms with van der Waals surface area (Å²) in [5.74, 6) is 1.18. The van der Waals surface area contributed by atoms with Crippen LogP contribution in [0.4, 0.5) is 5.82 Å². The fraction of sp³-hybridized carbons (Fsp3) is 0.222. The Morgan fingerprint density at radius 1 is 1.53 bits per heavy atom. The Kier molecular flexibility index (Phi) is 3.55. The van der Waals surface area contributed by atoms with Gasteiger partial charge in [-0.3, -0.25) is 0 Å². The van der Waals surface area contributed by atoms with E-state index >= 15 is 0 Å². The van der Waals surface area contributed by atoms with Gasteiger partial charge < -0.3 is 15.6 Å². The number of nitrogens with two attached hydrogens (primary N) is 1. The minimum Gasteiger partial charge on any atom is -0.389 e. The van der Waals surface area contributed by atoms with Crippen LogP contribution in [0.15, 0.2) is 23.2 Å². The van der Waals surface area contributed by atoms with Crippen LogP contribution in [0.1, 0.15) is 11.4 Å². The van der Waals surface area contributed by atoms with Gasteiger partial charge in [0, 0.05) is 13.0 Å². The van der Waals surface area contributed by atoms with Crippen molar-refractivity contribution in [3.05, 3.63) is 30.0 Å². The molecule has 2 heterocycles. The third kappa shape index (κ3) is 2.94. The maximum absolute atomic E-state index is 5.56. The Balaban J connectivity index is 1.97. The van der Waals surface area contributed by atoms with Crippen LogP contribution in [-0.2, 0) is 6.42 Å². The summed E-state index contributed by atoms with van der Waals surface area (Å²) < 4.78 is 4.62. The molecule has 0 fully saturated rings. The number of aromatic nitrogens is 4. The van der Waals surface area contributed by atoms with E-state index in [9.17, 15) is 0 Å². The molecule has 0 aliphatic carbocycles. The van der Waals surface area contributed by atoms with Crippen LogP contribution in [0.3, 0.4) is 0 Å². The van der Waals surface area contributed by atoms with E-state index in [2.05, 4.69) is 30.2 Å². The van der Waals surface area contributed by atoms with Crippen LogP contribution >= 0.6 is 12.2 Å². The van der Waals surface area contributed by atoms with E-state index in [-0.39, 0.29) is 4.99 Å². The van der Waals surface area contributed by atoms with Crippen molar-refractivity contribution in [1.29, 1.82) is 0 Å². The van der Waals surface area contributed by atoms with Crippen LogP contribution in [0.25, 0.3) is 0 Å². The largest absolute Gasteiger partial charge is 0.389 e. The Morgan fingerprint density at radius 3 is 3.12 bits per heavy atom. The summed E-state index contributed by atoms with van der Waals surface area (Å²) >= 11 is 4.91. The minimum atomic E-state index is 0.280. The van der Waals surface area contributed by atoms with Gasteiger partial charge >= 0.3 is 0 Å². The zero-order valence-electron chi connectivity index (χ0n) is 8.83. The molecule has 7 nitrogen and oxygen atoms in total. The molecule has 0 saturated heterocycles. The van der Waals surface area contributed by atoms with E-state index in [1.54, 1.807) is 12.3 Å². The molecule has 0 spiro atoms. The molecule has 0 unspecified atom stereocenters. The summed E-state index contributed by atoms with van der Waals surface area (Å²) in [4.78, 5) is 4.18. The lowest BCUT2D eigenvalue weighted by atomic mass is 10.3. The highest BCUT2D eigenvalue weighted by Crippen LogP contribution is 2.09. The van der Waals surface area contributed by atoms with Gasteiger partial charge in [-0.1, -0.05) is 17.4 Å². The molecule has 17 heavy (non-hydrogen) atoms. The Hall–Kier alpha value is -2.09. The monoisotopic (exact) mass is 250 g/mol. The lowest BCUT2D eigenvalue weighted by molar-refractivity contribution is 0.410. The third-order valence-electron chi connectivity index (χ3n) is 2.03. The van der Waals surface area contributed by atoms with Crippen LogP contribution < -0.4 is 11.1 Å². The molecule has 0 aromatic carbocycles. The van der Waals surface area contributed by atoms with Crippen molar-refractivity contribution in [2.24, 2.45) is 5.73 Å². The first-order valence-corrected chi connectivity index (χ1v) is 5.29. The molecule has 0 bridgehead atoms. The second-order valence-corrected chi connectivity index (χ2v) is 3.62. The second-order valence-electron chi connectivity index (χ2n) is 3.18. The molecule has 2 rings (SSSR count).